The number of carbonyl (C=O) groups excluding carboxylic acids is 1. The van der Waals surface area contributed by atoms with Crippen LogP contribution >= 0.6 is 0 Å². The maximum Gasteiger partial charge on any atom is 0.242 e. The Morgan fingerprint density at radius 3 is 2.55 bits per heavy atom. The van der Waals surface area contributed by atoms with Crippen LogP contribution in [0.15, 0.2) is 58.2 Å². The van der Waals surface area contributed by atoms with E-state index in [1.165, 1.54) is 29.7 Å². The molecular formula is C26H27N5O2. The maximum absolute atomic E-state index is 12.4. The molecule has 0 aliphatic carbocycles. The van der Waals surface area contributed by atoms with E-state index in [1.807, 2.05) is 24.4 Å². The summed E-state index contributed by atoms with van der Waals surface area (Å²) in [6, 6.07) is 14.8. The first kappa shape index (κ1) is 20.3. The van der Waals surface area contributed by atoms with Crippen molar-refractivity contribution >= 4 is 34.0 Å². The first-order valence-corrected chi connectivity index (χ1v) is 11.8. The topological polar surface area (TPSA) is 91.6 Å². The number of allylic oxidation sites excluding steroid dienone is 1. The summed E-state index contributed by atoms with van der Waals surface area (Å²) in [4.78, 5) is 17.1. The molecule has 7 nitrogen and oxygen atoms in total. The van der Waals surface area contributed by atoms with Gasteiger partial charge in [0.15, 0.2) is 11.4 Å². The summed E-state index contributed by atoms with van der Waals surface area (Å²) < 4.78 is 5.52. The standard InChI is InChI=1S/C26H27N5O2/c32-26(22-4-2-12-28-22)30-25-20-10-9-18(14-24(20)33-31-25)16-5-7-17(8-6-16)19-13-23(29-15-19)21-3-1-11-27-21/h5-10,14-15,21-22,27-28H,1-4,11-13H2,(H,30,31,32)/t21-,22-/m0/s1. The second kappa shape index (κ2) is 8.57. The molecule has 2 fully saturated rings. The van der Waals surface area contributed by atoms with Crippen molar-refractivity contribution in [3.05, 3.63) is 54.2 Å². The Hall–Kier alpha value is -3.29. The predicted molar refractivity (Wildman–Crippen MR) is 130 cm³/mol. The number of anilines is 1. The third-order valence-corrected chi connectivity index (χ3v) is 6.90. The number of aliphatic imine (C=N–C) groups is 1. The molecule has 168 valence electrons. The normalized spacial score (nSPS) is 22.5. The third kappa shape index (κ3) is 3.98. The Balaban J connectivity index is 1.16. The fraction of sp³-hybridized carbons (Fsp3) is 0.346. The third-order valence-electron chi connectivity index (χ3n) is 6.90. The molecule has 3 N–H and O–H groups in total. The number of amides is 1. The van der Waals surface area contributed by atoms with Crippen LogP contribution in [0.5, 0.6) is 0 Å². The van der Waals surface area contributed by atoms with Gasteiger partial charge in [-0.15, -0.1) is 0 Å². The zero-order chi connectivity index (χ0) is 22.2. The van der Waals surface area contributed by atoms with Crippen LogP contribution in [0.25, 0.3) is 27.7 Å². The molecule has 0 saturated carbocycles. The molecule has 3 aliphatic heterocycles. The Bertz CT molecular complexity index is 1250. The zero-order valence-electron chi connectivity index (χ0n) is 18.4. The van der Waals surface area contributed by atoms with E-state index in [4.69, 9.17) is 4.52 Å². The Morgan fingerprint density at radius 1 is 0.970 bits per heavy atom. The molecule has 4 heterocycles. The lowest BCUT2D eigenvalue weighted by atomic mass is 9.96. The van der Waals surface area contributed by atoms with Gasteiger partial charge in [0.25, 0.3) is 0 Å². The Morgan fingerprint density at radius 2 is 1.76 bits per heavy atom. The highest BCUT2D eigenvalue weighted by atomic mass is 16.5. The lowest BCUT2D eigenvalue weighted by Gasteiger charge is -2.11. The maximum atomic E-state index is 12.4. The number of rotatable bonds is 5. The van der Waals surface area contributed by atoms with Crippen molar-refractivity contribution in [2.45, 2.75) is 44.2 Å². The van der Waals surface area contributed by atoms with E-state index in [0.717, 1.165) is 48.9 Å². The summed E-state index contributed by atoms with van der Waals surface area (Å²) in [6.07, 6.45) is 7.22. The molecule has 3 aromatic rings. The fourth-order valence-electron chi connectivity index (χ4n) is 5.00. The van der Waals surface area contributed by atoms with Gasteiger partial charge in [-0.05, 0) is 73.2 Å². The van der Waals surface area contributed by atoms with Crippen LogP contribution in [0, 0.1) is 0 Å². The Labute approximate surface area is 192 Å². The van der Waals surface area contributed by atoms with Crippen LogP contribution in [-0.4, -0.2) is 41.9 Å². The summed E-state index contributed by atoms with van der Waals surface area (Å²) in [6.45, 7) is 1.97. The number of fused-ring (bicyclic) bond motifs is 1. The van der Waals surface area contributed by atoms with Gasteiger partial charge in [-0.1, -0.05) is 35.5 Å². The highest BCUT2D eigenvalue weighted by Gasteiger charge is 2.25. The van der Waals surface area contributed by atoms with Crippen molar-refractivity contribution in [1.29, 1.82) is 0 Å². The van der Waals surface area contributed by atoms with Crippen LogP contribution in [-0.2, 0) is 4.79 Å². The van der Waals surface area contributed by atoms with Gasteiger partial charge < -0.3 is 20.5 Å². The lowest BCUT2D eigenvalue weighted by molar-refractivity contribution is -0.117. The minimum atomic E-state index is -0.152. The molecule has 6 rings (SSSR count). The molecule has 3 aliphatic rings. The van der Waals surface area contributed by atoms with Gasteiger partial charge in [-0.2, -0.15) is 0 Å². The van der Waals surface area contributed by atoms with Crippen molar-refractivity contribution in [3.8, 4) is 11.1 Å². The smallest absolute Gasteiger partial charge is 0.242 e. The van der Waals surface area contributed by atoms with Crippen molar-refractivity contribution < 1.29 is 9.32 Å². The average Bonchev–Trinajstić information content (AvgIpc) is 3.66. The Kier molecular flexibility index (Phi) is 5.28. The van der Waals surface area contributed by atoms with Crippen LogP contribution in [0.4, 0.5) is 5.82 Å². The second-order valence-electron chi connectivity index (χ2n) is 9.06. The monoisotopic (exact) mass is 441 g/mol. The second-order valence-corrected chi connectivity index (χ2v) is 9.06. The lowest BCUT2D eigenvalue weighted by Crippen LogP contribution is -2.35. The van der Waals surface area contributed by atoms with Crippen molar-refractivity contribution in [2.75, 3.05) is 18.4 Å². The van der Waals surface area contributed by atoms with E-state index in [0.29, 0.717) is 17.4 Å². The number of hydrogen-bond acceptors (Lipinski definition) is 6. The molecule has 1 aromatic heterocycles. The highest BCUT2D eigenvalue weighted by Crippen LogP contribution is 2.31. The number of aromatic nitrogens is 1. The van der Waals surface area contributed by atoms with E-state index in [2.05, 4.69) is 50.4 Å². The van der Waals surface area contributed by atoms with E-state index in [1.54, 1.807) is 0 Å². The number of nitrogens with zero attached hydrogens (tertiary/aromatic N) is 2. The van der Waals surface area contributed by atoms with Gasteiger partial charge in [-0.25, -0.2) is 0 Å². The highest BCUT2D eigenvalue weighted by molar-refractivity contribution is 6.03. The molecule has 0 bridgehead atoms. The van der Waals surface area contributed by atoms with Gasteiger partial charge in [0.05, 0.1) is 11.4 Å². The molecule has 0 unspecified atom stereocenters. The van der Waals surface area contributed by atoms with Crippen molar-refractivity contribution in [3.63, 3.8) is 0 Å². The number of benzene rings is 2. The molecule has 33 heavy (non-hydrogen) atoms. The van der Waals surface area contributed by atoms with Crippen LogP contribution in [0.1, 0.15) is 37.7 Å². The number of carbonyl (C=O) groups is 1. The van der Waals surface area contributed by atoms with E-state index in [9.17, 15) is 4.79 Å². The fourth-order valence-corrected chi connectivity index (χ4v) is 5.00. The molecular weight excluding hydrogens is 414 g/mol. The van der Waals surface area contributed by atoms with Gasteiger partial charge in [-0.3, -0.25) is 9.79 Å². The molecule has 2 saturated heterocycles. The molecule has 2 atom stereocenters. The van der Waals surface area contributed by atoms with Crippen LogP contribution in [0.2, 0.25) is 0 Å². The summed E-state index contributed by atoms with van der Waals surface area (Å²) in [7, 11) is 0. The molecule has 1 amide bonds. The summed E-state index contributed by atoms with van der Waals surface area (Å²) in [5.41, 5.74) is 6.55. The molecule has 0 spiro atoms. The largest absolute Gasteiger partial charge is 0.354 e. The van der Waals surface area contributed by atoms with E-state index in [-0.39, 0.29) is 11.9 Å². The van der Waals surface area contributed by atoms with Gasteiger partial charge >= 0.3 is 0 Å². The van der Waals surface area contributed by atoms with E-state index >= 15 is 0 Å². The average molecular weight is 442 g/mol. The van der Waals surface area contributed by atoms with Crippen LogP contribution in [0.3, 0.4) is 0 Å². The van der Waals surface area contributed by atoms with Gasteiger partial charge in [0, 0.05) is 24.4 Å². The minimum Gasteiger partial charge on any atom is -0.354 e. The molecule has 7 heteroatoms. The summed E-state index contributed by atoms with van der Waals surface area (Å²) >= 11 is 0. The summed E-state index contributed by atoms with van der Waals surface area (Å²) in [5, 5.41) is 14.5. The first-order chi connectivity index (χ1) is 16.2. The number of nitrogens with one attached hydrogen (secondary N) is 3. The zero-order valence-corrected chi connectivity index (χ0v) is 18.4. The molecule has 2 aromatic carbocycles. The first-order valence-electron chi connectivity index (χ1n) is 11.8. The number of hydrogen-bond donors (Lipinski definition) is 3. The van der Waals surface area contributed by atoms with E-state index < -0.39 is 0 Å². The minimum absolute atomic E-state index is 0.0561. The van der Waals surface area contributed by atoms with Crippen LogP contribution < -0.4 is 16.0 Å². The van der Waals surface area contributed by atoms with Gasteiger partial charge in [0.2, 0.25) is 5.91 Å². The SMILES string of the molecule is O=C(Nc1noc2cc(-c3ccc(C4=CN=C([C@@H]5CCCN5)C4)cc3)ccc12)[C@@H]1CCCN1. The summed E-state index contributed by atoms with van der Waals surface area (Å²) in [5.74, 6) is 0.422. The van der Waals surface area contributed by atoms with Crippen molar-refractivity contribution in [2.24, 2.45) is 4.99 Å². The quantitative estimate of drug-likeness (QED) is 0.554. The molecule has 0 radical (unpaired) electrons. The van der Waals surface area contributed by atoms with Gasteiger partial charge in [0.1, 0.15) is 0 Å². The van der Waals surface area contributed by atoms with Crippen molar-refractivity contribution in [1.82, 2.24) is 15.8 Å². The predicted octanol–water partition coefficient (Wildman–Crippen LogP) is 4.12.